The molecule has 1 aliphatic carbocycles. The number of nitrogens with one attached hydrogen (secondary N) is 1. The lowest BCUT2D eigenvalue weighted by Gasteiger charge is -2.29. The Balaban J connectivity index is 1.51. The molecule has 1 amide bonds. The molecule has 0 radical (unpaired) electrons. The molecule has 2 N–H and O–H groups in total. The minimum Gasteiger partial charge on any atom is -0.390 e. The lowest BCUT2D eigenvalue weighted by Crippen LogP contribution is -2.32. The van der Waals surface area contributed by atoms with Gasteiger partial charge in [0.2, 0.25) is 5.92 Å². The van der Waals surface area contributed by atoms with Crippen LogP contribution in [-0.4, -0.2) is 60.9 Å². The van der Waals surface area contributed by atoms with Gasteiger partial charge in [-0.25, -0.2) is 23.1 Å². The first-order valence-corrected chi connectivity index (χ1v) is 10.2. The molecule has 3 heterocycles. The third kappa shape index (κ3) is 5.37. The molecule has 0 spiro atoms. The minimum atomic E-state index is -2.64. The van der Waals surface area contributed by atoms with Crippen molar-refractivity contribution in [2.75, 3.05) is 18.4 Å². The SMILES string of the molecule is O=C(OOc1cc(NC2CCC(F)(F)CC2)nc(-n2ccc(CO)n2)n1)N1CCCC1. The summed E-state index contributed by atoms with van der Waals surface area (Å²) in [4.78, 5) is 32.2. The first kappa shape index (κ1) is 21.2. The third-order valence-corrected chi connectivity index (χ3v) is 5.33. The molecule has 0 bridgehead atoms. The molecule has 4 rings (SSSR count). The van der Waals surface area contributed by atoms with Crippen molar-refractivity contribution in [3.05, 3.63) is 24.0 Å². The number of anilines is 1. The summed E-state index contributed by atoms with van der Waals surface area (Å²) >= 11 is 0. The van der Waals surface area contributed by atoms with Gasteiger partial charge in [-0.2, -0.15) is 15.1 Å². The third-order valence-electron chi connectivity index (χ3n) is 5.33. The number of hydrogen-bond acceptors (Lipinski definition) is 8. The molecule has 1 aliphatic heterocycles. The monoisotopic (exact) mass is 438 g/mol. The van der Waals surface area contributed by atoms with Gasteiger partial charge in [-0.15, -0.1) is 0 Å². The summed E-state index contributed by atoms with van der Waals surface area (Å²) in [5.74, 6) is -2.24. The summed E-state index contributed by atoms with van der Waals surface area (Å²) in [7, 11) is 0. The average molecular weight is 438 g/mol. The molecule has 31 heavy (non-hydrogen) atoms. The van der Waals surface area contributed by atoms with E-state index >= 15 is 0 Å². The topological polar surface area (TPSA) is 115 Å². The Morgan fingerprint density at radius 2 is 2.00 bits per heavy atom. The van der Waals surface area contributed by atoms with Gasteiger partial charge in [0.1, 0.15) is 5.82 Å². The number of carbonyl (C=O) groups is 1. The van der Waals surface area contributed by atoms with E-state index < -0.39 is 12.0 Å². The molecule has 2 fully saturated rings. The highest BCUT2D eigenvalue weighted by Crippen LogP contribution is 2.34. The van der Waals surface area contributed by atoms with Crippen molar-refractivity contribution in [1.29, 1.82) is 0 Å². The van der Waals surface area contributed by atoms with Gasteiger partial charge in [-0.1, -0.05) is 0 Å². The quantitative estimate of drug-likeness (QED) is 0.523. The average Bonchev–Trinajstić information content (AvgIpc) is 3.45. The predicted molar refractivity (Wildman–Crippen MR) is 104 cm³/mol. The van der Waals surface area contributed by atoms with E-state index in [1.807, 2.05) is 0 Å². The van der Waals surface area contributed by atoms with E-state index in [1.54, 1.807) is 12.3 Å². The Morgan fingerprint density at radius 3 is 2.68 bits per heavy atom. The fourth-order valence-corrected chi connectivity index (χ4v) is 3.61. The normalized spacial score (nSPS) is 18.7. The van der Waals surface area contributed by atoms with Crippen LogP contribution < -0.4 is 10.2 Å². The number of likely N-dealkylation sites (tertiary alicyclic amines) is 1. The van der Waals surface area contributed by atoms with Crippen LogP contribution in [0.1, 0.15) is 44.2 Å². The van der Waals surface area contributed by atoms with E-state index in [2.05, 4.69) is 20.4 Å². The maximum atomic E-state index is 13.4. The van der Waals surface area contributed by atoms with Crippen molar-refractivity contribution >= 4 is 11.9 Å². The standard InChI is InChI=1S/C19H24F2N6O4/c20-19(21)6-3-13(4-7-19)22-15-11-16(30-31-18(29)26-8-1-2-9-26)24-17(23-15)27-10-5-14(12-28)25-27/h5,10-11,13,28H,1-4,6-9,12H2,(H,22,23,24). The van der Waals surface area contributed by atoms with Crippen LogP contribution in [0.3, 0.4) is 0 Å². The van der Waals surface area contributed by atoms with Crippen molar-refractivity contribution < 1.29 is 28.5 Å². The Morgan fingerprint density at radius 1 is 1.26 bits per heavy atom. The molecule has 0 aromatic carbocycles. The zero-order valence-electron chi connectivity index (χ0n) is 16.8. The maximum Gasteiger partial charge on any atom is 0.452 e. The van der Waals surface area contributed by atoms with E-state index in [1.165, 1.54) is 15.6 Å². The van der Waals surface area contributed by atoms with Crippen LogP contribution in [0.2, 0.25) is 0 Å². The highest BCUT2D eigenvalue weighted by atomic mass is 19.3. The number of amides is 1. The fraction of sp³-hybridized carbons (Fsp3) is 0.579. The minimum absolute atomic E-state index is 0.0396. The summed E-state index contributed by atoms with van der Waals surface area (Å²) in [6, 6.07) is 2.85. The van der Waals surface area contributed by atoms with Crippen molar-refractivity contribution in [3.63, 3.8) is 0 Å². The molecule has 0 unspecified atom stereocenters. The van der Waals surface area contributed by atoms with Crippen LogP contribution in [0.25, 0.3) is 5.95 Å². The molecular weight excluding hydrogens is 414 g/mol. The van der Waals surface area contributed by atoms with Crippen molar-refractivity contribution in [2.24, 2.45) is 0 Å². The van der Waals surface area contributed by atoms with Gasteiger partial charge in [0.05, 0.1) is 12.3 Å². The highest BCUT2D eigenvalue weighted by molar-refractivity contribution is 5.67. The maximum absolute atomic E-state index is 13.4. The Labute approximate surface area is 177 Å². The molecule has 0 atom stereocenters. The first-order valence-electron chi connectivity index (χ1n) is 10.2. The van der Waals surface area contributed by atoms with Gasteiger partial charge >= 0.3 is 6.09 Å². The van der Waals surface area contributed by atoms with Crippen molar-refractivity contribution in [3.8, 4) is 11.8 Å². The zero-order chi connectivity index (χ0) is 21.8. The number of carbonyl (C=O) groups excluding carboxylic acids is 1. The van der Waals surface area contributed by atoms with Gasteiger partial charge in [0.25, 0.3) is 11.8 Å². The molecule has 2 aromatic heterocycles. The zero-order valence-corrected chi connectivity index (χ0v) is 16.8. The second-order valence-electron chi connectivity index (χ2n) is 7.70. The van der Waals surface area contributed by atoms with Gasteiger partial charge in [0, 0.05) is 44.2 Å². The number of hydrogen-bond donors (Lipinski definition) is 2. The molecule has 2 aromatic rings. The number of aliphatic hydroxyl groups is 1. The second-order valence-corrected chi connectivity index (χ2v) is 7.70. The van der Waals surface area contributed by atoms with Gasteiger partial charge in [-0.3, -0.25) is 4.89 Å². The number of aromatic nitrogens is 4. The summed E-state index contributed by atoms with van der Waals surface area (Å²) < 4.78 is 28.2. The summed E-state index contributed by atoms with van der Waals surface area (Å²) in [6.45, 7) is 0.957. The van der Waals surface area contributed by atoms with Crippen LogP contribution in [0.5, 0.6) is 5.88 Å². The largest absolute Gasteiger partial charge is 0.452 e. The Hall–Kier alpha value is -3.02. The van der Waals surface area contributed by atoms with Gasteiger partial charge in [0.15, 0.2) is 0 Å². The number of alkyl halides is 2. The van der Waals surface area contributed by atoms with E-state index in [0.29, 0.717) is 37.4 Å². The first-order chi connectivity index (χ1) is 14.9. The highest BCUT2D eigenvalue weighted by Gasteiger charge is 2.35. The Kier molecular flexibility index (Phi) is 6.16. The smallest absolute Gasteiger partial charge is 0.390 e. The summed E-state index contributed by atoms with van der Waals surface area (Å²) in [5.41, 5.74) is 0.416. The van der Waals surface area contributed by atoms with E-state index in [4.69, 9.17) is 9.78 Å². The number of aliphatic hydroxyl groups excluding tert-OH is 1. The van der Waals surface area contributed by atoms with Crippen LogP contribution in [0.4, 0.5) is 19.4 Å². The summed E-state index contributed by atoms with van der Waals surface area (Å²) in [6.07, 6.45) is 2.97. The molecule has 10 nitrogen and oxygen atoms in total. The van der Waals surface area contributed by atoms with E-state index in [-0.39, 0.29) is 37.3 Å². The Bertz CT molecular complexity index is 909. The van der Waals surface area contributed by atoms with Crippen LogP contribution >= 0.6 is 0 Å². The summed E-state index contributed by atoms with van der Waals surface area (Å²) in [5, 5.41) is 16.5. The molecule has 1 saturated carbocycles. The fourth-order valence-electron chi connectivity index (χ4n) is 3.61. The molecular formula is C19H24F2N6O4. The van der Waals surface area contributed by atoms with Gasteiger partial charge < -0.3 is 15.3 Å². The van der Waals surface area contributed by atoms with Crippen LogP contribution in [0.15, 0.2) is 18.3 Å². The van der Waals surface area contributed by atoms with Gasteiger partial charge in [-0.05, 0) is 31.7 Å². The van der Waals surface area contributed by atoms with E-state index in [9.17, 15) is 18.7 Å². The lowest BCUT2D eigenvalue weighted by atomic mass is 9.92. The molecule has 12 heteroatoms. The number of halogens is 2. The molecule has 1 saturated heterocycles. The second kappa shape index (κ2) is 9.00. The van der Waals surface area contributed by atoms with Crippen molar-refractivity contribution in [1.82, 2.24) is 24.6 Å². The molecule has 2 aliphatic rings. The van der Waals surface area contributed by atoms with E-state index in [0.717, 1.165) is 12.8 Å². The predicted octanol–water partition coefficient (Wildman–Crippen LogP) is 2.67. The van der Waals surface area contributed by atoms with Crippen molar-refractivity contribution in [2.45, 2.75) is 57.1 Å². The molecule has 168 valence electrons. The number of nitrogens with zero attached hydrogens (tertiary/aromatic N) is 5. The lowest BCUT2D eigenvalue weighted by molar-refractivity contribution is -0.156. The van der Waals surface area contributed by atoms with Crippen LogP contribution in [-0.2, 0) is 11.5 Å². The van der Waals surface area contributed by atoms with Crippen LogP contribution in [0, 0.1) is 0 Å². The number of rotatable bonds is 6.